The van der Waals surface area contributed by atoms with Crippen LogP contribution >= 0.6 is 15.9 Å². The van der Waals surface area contributed by atoms with Gasteiger partial charge in [-0.1, -0.05) is 33.2 Å². The molecule has 2 aromatic rings. The Labute approximate surface area is 122 Å². The average Bonchev–Trinajstić information content (AvgIpc) is 2.83. The van der Waals surface area contributed by atoms with Gasteiger partial charge in [0.2, 0.25) is 0 Å². The number of primary amides is 1. The van der Waals surface area contributed by atoms with Crippen LogP contribution in [-0.4, -0.2) is 20.6 Å². The predicted molar refractivity (Wildman–Crippen MR) is 75.4 cm³/mol. The molecule has 7 nitrogen and oxygen atoms in total. The third kappa shape index (κ3) is 2.55. The molecule has 1 aromatic heterocycles. The minimum atomic E-state index is -0.869. The summed E-state index contributed by atoms with van der Waals surface area (Å²) in [5.41, 5.74) is 5.76. The second-order valence-electron chi connectivity index (χ2n) is 4.18. The molecule has 0 aliphatic heterocycles. The first kappa shape index (κ1) is 14.2. The number of hydrogen-bond acceptors (Lipinski definition) is 4. The minimum Gasteiger partial charge on any atom is -0.365 e. The molecule has 0 fully saturated rings. The smallest absolute Gasteiger partial charge is 0.358 e. The van der Waals surface area contributed by atoms with Gasteiger partial charge < -0.3 is 15.8 Å². The summed E-state index contributed by atoms with van der Waals surface area (Å²) in [7, 11) is 0. The van der Waals surface area contributed by atoms with Gasteiger partial charge in [-0.05, 0) is 29.5 Å². The number of aromatic nitrogens is 2. The van der Waals surface area contributed by atoms with E-state index < -0.39 is 22.7 Å². The molecule has 1 atom stereocenters. The van der Waals surface area contributed by atoms with Crippen molar-refractivity contribution in [2.75, 3.05) is 0 Å². The Kier molecular flexibility index (Phi) is 3.84. The molecule has 2 rings (SSSR count). The molecule has 0 saturated heterocycles. The first-order valence-electron chi connectivity index (χ1n) is 5.69. The fraction of sp³-hybridized carbons (Fsp3) is 0.167. The molecule has 8 heteroatoms. The number of carbonyl (C=O) groups is 1. The summed E-state index contributed by atoms with van der Waals surface area (Å²) in [4.78, 5) is 21.7. The van der Waals surface area contributed by atoms with E-state index in [0.29, 0.717) is 0 Å². The van der Waals surface area contributed by atoms with Gasteiger partial charge in [-0.3, -0.25) is 4.79 Å². The molecule has 1 unspecified atom stereocenters. The van der Waals surface area contributed by atoms with Gasteiger partial charge >= 0.3 is 5.82 Å². The summed E-state index contributed by atoms with van der Waals surface area (Å²) in [5.74, 6) is -1.26. The maximum absolute atomic E-state index is 11.2. The van der Waals surface area contributed by atoms with Crippen molar-refractivity contribution >= 4 is 27.7 Å². The van der Waals surface area contributed by atoms with Crippen LogP contribution in [0.1, 0.15) is 28.9 Å². The molecule has 20 heavy (non-hydrogen) atoms. The van der Waals surface area contributed by atoms with E-state index in [1.165, 1.54) is 4.68 Å². The zero-order chi connectivity index (χ0) is 14.9. The van der Waals surface area contributed by atoms with Crippen LogP contribution in [0.25, 0.3) is 0 Å². The SMILES string of the molecule is CC(c1ccc(Br)cc1)n1ncc(C(N)=O)c1[N+](=O)[O-]. The lowest BCUT2D eigenvalue weighted by molar-refractivity contribution is -0.393. The van der Waals surface area contributed by atoms with E-state index in [-0.39, 0.29) is 5.56 Å². The highest BCUT2D eigenvalue weighted by molar-refractivity contribution is 9.10. The highest BCUT2D eigenvalue weighted by Gasteiger charge is 2.29. The Morgan fingerprint density at radius 2 is 2.05 bits per heavy atom. The molecule has 0 bridgehead atoms. The van der Waals surface area contributed by atoms with Gasteiger partial charge in [0.05, 0.1) is 6.20 Å². The predicted octanol–water partition coefficient (Wildman–Crippen LogP) is 2.26. The highest BCUT2D eigenvalue weighted by atomic mass is 79.9. The van der Waals surface area contributed by atoms with Crippen LogP contribution in [0.15, 0.2) is 34.9 Å². The summed E-state index contributed by atoms with van der Waals surface area (Å²) >= 11 is 3.32. The summed E-state index contributed by atoms with van der Waals surface area (Å²) in [6.45, 7) is 1.76. The van der Waals surface area contributed by atoms with E-state index >= 15 is 0 Å². The number of nitro groups is 1. The maximum Gasteiger partial charge on any atom is 0.358 e. The Morgan fingerprint density at radius 3 is 2.55 bits per heavy atom. The van der Waals surface area contributed by atoms with Crippen LogP contribution in [-0.2, 0) is 0 Å². The standard InChI is InChI=1S/C12H11BrN4O3/c1-7(8-2-4-9(13)5-3-8)16-12(17(19)20)10(6-15-16)11(14)18/h2-7H,1H3,(H2,14,18). The molecule has 0 saturated carbocycles. The fourth-order valence-corrected chi connectivity index (χ4v) is 2.14. The molecule has 0 spiro atoms. The quantitative estimate of drug-likeness (QED) is 0.681. The van der Waals surface area contributed by atoms with Crippen LogP contribution in [0.4, 0.5) is 5.82 Å². The molecular formula is C12H11BrN4O3. The van der Waals surface area contributed by atoms with Crippen LogP contribution in [0.2, 0.25) is 0 Å². The van der Waals surface area contributed by atoms with Crippen LogP contribution in [0.5, 0.6) is 0 Å². The zero-order valence-electron chi connectivity index (χ0n) is 10.5. The molecular weight excluding hydrogens is 328 g/mol. The lowest BCUT2D eigenvalue weighted by atomic mass is 10.1. The number of amides is 1. The number of nitrogens with two attached hydrogens (primary N) is 1. The molecule has 104 valence electrons. The lowest BCUT2D eigenvalue weighted by Crippen LogP contribution is -2.15. The average molecular weight is 339 g/mol. The van der Waals surface area contributed by atoms with Gasteiger partial charge in [0.15, 0.2) is 5.56 Å². The van der Waals surface area contributed by atoms with Crippen molar-refractivity contribution in [3.05, 3.63) is 56.2 Å². The normalized spacial score (nSPS) is 12.1. The van der Waals surface area contributed by atoms with Crippen LogP contribution in [0.3, 0.4) is 0 Å². The third-order valence-electron chi connectivity index (χ3n) is 2.93. The van der Waals surface area contributed by atoms with Crippen LogP contribution in [0, 0.1) is 10.1 Å². The summed E-state index contributed by atoms with van der Waals surface area (Å²) in [5, 5.41) is 15.0. The van der Waals surface area contributed by atoms with E-state index in [0.717, 1.165) is 16.2 Å². The number of hydrogen-bond donors (Lipinski definition) is 1. The van der Waals surface area contributed by atoms with E-state index in [9.17, 15) is 14.9 Å². The van der Waals surface area contributed by atoms with Gasteiger partial charge in [-0.25, -0.2) is 0 Å². The number of nitrogens with zero attached hydrogens (tertiary/aromatic N) is 3. The first-order valence-corrected chi connectivity index (χ1v) is 6.48. The van der Waals surface area contributed by atoms with Gasteiger partial charge in [0, 0.05) is 4.47 Å². The molecule has 1 heterocycles. The summed E-state index contributed by atoms with van der Waals surface area (Å²) < 4.78 is 2.09. The van der Waals surface area contributed by atoms with Gasteiger partial charge in [-0.15, -0.1) is 4.68 Å². The van der Waals surface area contributed by atoms with Crippen molar-refractivity contribution in [1.29, 1.82) is 0 Å². The van der Waals surface area contributed by atoms with Crippen molar-refractivity contribution in [2.24, 2.45) is 5.73 Å². The molecule has 0 aliphatic carbocycles. The van der Waals surface area contributed by atoms with E-state index in [4.69, 9.17) is 5.73 Å². The lowest BCUT2D eigenvalue weighted by Gasteiger charge is -2.09. The molecule has 0 radical (unpaired) electrons. The largest absolute Gasteiger partial charge is 0.365 e. The monoisotopic (exact) mass is 338 g/mol. The van der Waals surface area contributed by atoms with E-state index in [2.05, 4.69) is 21.0 Å². The number of benzene rings is 1. The maximum atomic E-state index is 11.2. The zero-order valence-corrected chi connectivity index (χ0v) is 12.1. The molecule has 1 amide bonds. The number of rotatable bonds is 4. The van der Waals surface area contributed by atoms with Gasteiger partial charge in [0.25, 0.3) is 5.91 Å². The fourth-order valence-electron chi connectivity index (χ4n) is 1.88. The summed E-state index contributed by atoms with van der Waals surface area (Å²) in [6.07, 6.45) is 1.12. The molecule has 2 N–H and O–H groups in total. The molecule has 0 aliphatic rings. The number of carbonyl (C=O) groups excluding carboxylic acids is 1. The molecule has 1 aromatic carbocycles. The second kappa shape index (κ2) is 5.41. The van der Waals surface area contributed by atoms with E-state index in [1.54, 1.807) is 6.92 Å². The van der Waals surface area contributed by atoms with Crippen molar-refractivity contribution < 1.29 is 9.72 Å². The highest BCUT2D eigenvalue weighted by Crippen LogP contribution is 2.26. The Bertz CT molecular complexity index is 666. The van der Waals surface area contributed by atoms with Crippen molar-refractivity contribution in [1.82, 2.24) is 9.78 Å². The van der Waals surface area contributed by atoms with E-state index in [1.807, 2.05) is 24.3 Å². The van der Waals surface area contributed by atoms with Gasteiger partial charge in [0.1, 0.15) is 6.04 Å². The topological polar surface area (TPSA) is 104 Å². The van der Waals surface area contributed by atoms with Crippen molar-refractivity contribution in [2.45, 2.75) is 13.0 Å². The first-order chi connectivity index (χ1) is 9.41. The Morgan fingerprint density at radius 1 is 1.45 bits per heavy atom. The Hall–Kier alpha value is -2.22. The Balaban J connectivity index is 2.49. The van der Waals surface area contributed by atoms with Crippen LogP contribution < -0.4 is 5.73 Å². The third-order valence-corrected chi connectivity index (χ3v) is 3.46. The second-order valence-corrected chi connectivity index (χ2v) is 5.09. The number of halogens is 1. The van der Waals surface area contributed by atoms with Crippen molar-refractivity contribution in [3.8, 4) is 0 Å². The summed E-state index contributed by atoms with van der Waals surface area (Å²) in [6, 6.07) is 6.91. The minimum absolute atomic E-state index is 0.195. The van der Waals surface area contributed by atoms with Gasteiger partial charge in [-0.2, -0.15) is 0 Å². The van der Waals surface area contributed by atoms with Crippen molar-refractivity contribution in [3.63, 3.8) is 0 Å².